The van der Waals surface area contributed by atoms with Crippen LogP contribution < -0.4 is 0 Å². The third kappa shape index (κ3) is 2.96. The fraction of sp³-hybridized carbons (Fsp3) is 0.308. The smallest absolute Gasteiger partial charge is 0.318 e. The van der Waals surface area contributed by atoms with Crippen molar-refractivity contribution >= 4 is 17.6 Å². The van der Waals surface area contributed by atoms with Gasteiger partial charge in [0.05, 0.1) is 11.6 Å². The van der Waals surface area contributed by atoms with Gasteiger partial charge in [-0.05, 0) is 32.0 Å². The van der Waals surface area contributed by atoms with E-state index in [1.807, 2.05) is 0 Å². The van der Waals surface area contributed by atoms with Gasteiger partial charge in [0.1, 0.15) is 11.7 Å². The summed E-state index contributed by atoms with van der Waals surface area (Å²) in [5.41, 5.74) is 0.430. The van der Waals surface area contributed by atoms with Gasteiger partial charge in [-0.25, -0.2) is 4.39 Å². The summed E-state index contributed by atoms with van der Waals surface area (Å²) < 4.78 is 22.9. The molecule has 0 aliphatic heterocycles. The van der Waals surface area contributed by atoms with Crippen molar-refractivity contribution in [2.24, 2.45) is 0 Å². The first-order chi connectivity index (χ1) is 9.52. The molecule has 1 unspecified atom stereocenters. The number of carbonyl (C=O) groups excluding carboxylic acids is 1. The maximum absolute atomic E-state index is 13.0. The van der Waals surface area contributed by atoms with Gasteiger partial charge >= 0.3 is 5.97 Å². The monoisotopic (exact) mass is 298 g/mol. The molecule has 1 aromatic heterocycles. The van der Waals surface area contributed by atoms with Crippen LogP contribution in [-0.4, -0.2) is 22.7 Å². The van der Waals surface area contributed by atoms with Gasteiger partial charge in [-0.2, -0.15) is 4.98 Å². The van der Waals surface area contributed by atoms with Crippen molar-refractivity contribution in [2.75, 3.05) is 6.61 Å². The average Bonchev–Trinajstić information content (AvgIpc) is 2.87. The summed E-state index contributed by atoms with van der Waals surface area (Å²) in [6.45, 7) is 3.58. The van der Waals surface area contributed by atoms with Crippen LogP contribution in [-0.2, 0) is 9.53 Å². The van der Waals surface area contributed by atoms with E-state index < -0.39 is 17.7 Å². The van der Waals surface area contributed by atoms with Crippen LogP contribution in [0.15, 0.2) is 22.7 Å². The van der Waals surface area contributed by atoms with E-state index in [2.05, 4.69) is 10.1 Å². The summed E-state index contributed by atoms with van der Waals surface area (Å²) in [5, 5.41) is 3.91. The van der Waals surface area contributed by atoms with Crippen molar-refractivity contribution in [1.29, 1.82) is 0 Å². The summed E-state index contributed by atoms with van der Waals surface area (Å²) in [7, 11) is 0. The Bertz CT molecular complexity index is 630. The van der Waals surface area contributed by atoms with Gasteiger partial charge in [0.25, 0.3) is 0 Å². The van der Waals surface area contributed by atoms with Crippen LogP contribution >= 0.6 is 11.6 Å². The number of aromatic nitrogens is 2. The first kappa shape index (κ1) is 14.5. The Hall–Kier alpha value is -1.95. The van der Waals surface area contributed by atoms with Gasteiger partial charge in [0, 0.05) is 5.56 Å². The van der Waals surface area contributed by atoms with Gasteiger partial charge in [0.2, 0.25) is 11.7 Å². The van der Waals surface area contributed by atoms with Gasteiger partial charge in [-0.1, -0.05) is 16.8 Å². The molecule has 0 bridgehead atoms. The second-order valence-electron chi connectivity index (χ2n) is 4.05. The van der Waals surface area contributed by atoms with Crippen LogP contribution in [0.4, 0.5) is 4.39 Å². The Morgan fingerprint density at radius 3 is 2.95 bits per heavy atom. The lowest BCUT2D eigenvalue weighted by atomic mass is 10.2. The molecule has 1 atom stereocenters. The quantitative estimate of drug-likeness (QED) is 0.811. The molecule has 0 amide bonds. The minimum Gasteiger partial charge on any atom is -0.465 e. The fourth-order valence-corrected chi connectivity index (χ4v) is 1.81. The molecule has 20 heavy (non-hydrogen) atoms. The predicted octanol–water partition coefficient (Wildman–Crippen LogP) is 3.20. The second kappa shape index (κ2) is 6.00. The highest BCUT2D eigenvalue weighted by molar-refractivity contribution is 6.33. The molecule has 106 valence electrons. The van der Waals surface area contributed by atoms with Crippen molar-refractivity contribution in [3.8, 4) is 11.4 Å². The van der Waals surface area contributed by atoms with Crippen LogP contribution in [0, 0.1) is 5.82 Å². The van der Waals surface area contributed by atoms with E-state index in [4.69, 9.17) is 20.9 Å². The van der Waals surface area contributed by atoms with Gasteiger partial charge in [-0.3, -0.25) is 4.79 Å². The zero-order chi connectivity index (χ0) is 14.7. The maximum Gasteiger partial charge on any atom is 0.318 e. The Morgan fingerprint density at radius 1 is 1.55 bits per heavy atom. The summed E-state index contributed by atoms with van der Waals surface area (Å²) in [4.78, 5) is 15.7. The minimum absolute atomic E-state index is 0.124. The first-order valence-electron chi connectivity index (χ1n) is 5.98. The van der Waals surface area contributed by atoms with E-state index in [-0.39, 0.29) is 23.3 Å². The van der Waals surface area contributed by atoms with E-state index in [1.165, 1.54) is 12.1 Å². The molecule has 0 saturated heterocycles. The van der Waals surface area contributed by atoms with Crippen molar-refractivity contribution in [1.82, 2.24) is 10.1 Å². The lowest BCUT2D eigenvalue weighted by Gasteiger charge is -2.04. The highest BCUT2D eigenvalue weighted by Gasteiger charge is 2.24. The highest BCUT2D eigenvalue weighted by atomic mass is 35.5. The number of hydrogen-bond acceptors (Lipinski definition) is 5. The highest BCUT2D eigenvalue weighted by Crippen LogP contribution is 2.27. The molecule has 5 nitrogen and oxygen atoms in total. The summed E-state index contributed by atoms with van der Waals surface area (Å²) in [6, 6.07) is 3.84. The van der Waals surface area contributed by atoms with Gasteiger partial charge < -0.3 is 9.26 Å². The molecule has 0 N–H and O–H groups in total. The number of rotatable bonds is 4. The Labute approximate surface area is 119 Å². The second-order valence-corrected chi connectivity index (χ2v) is 4.46. The molecule has 0 aliphatic carbocycles. The number of nitrogens with zero attached hydrogens (tertiary/aromatic N) is 2. The van der Waals surface area contributed by atoms with Crippen molar-refractivity contribution in [3.05, 3.63) is 34.9 Å². The lowest BCUT2D eigenvalue weighted by molar-refractivity contribution is -0.145. The zero-order valence-electron chi connectivity index (χ0n) is 10.9. The van der Waals surface area contributed by atoms with Gasteiger partial charge in [-0.15, -0.1) is 0 Å². The molecule has 1 aromatic carbocycles. The first-order valence-corrected chi connectivity index (χ1v) is 6.36. The number of esters is 1. The molecule has 2 rings (SSSR count). The van der Waals surface area contributed by atoms with E-state index in [1.54, 1.807) is 13.8 Å². The molecule has 0 saturated carbocycles. The van der Waals surface area contributed by atoms with Crippen LogP contribution in [0.1, 0.15) is 25.7 Å². The standard InChI is InChI=1S/C13H12ClFN2O3/c1-3-19-13(18)7(2)12-16-11(17-20-12)9-5-4-8(15)6-10(9)14/h4-7H,3H2,1-2H3. The van der Waals surface area contributed by atoms with E-state index in [9.17, 15) is 9.18 Å². The lowest BCUT2D eigenvalue weighted by Crippen LogP contribution is -2.13. The Balaban J connectivity index is 2.26. The third-order valence-corrected chi connectivity index (χ3v) is 2.94. The number of halogens is 2. The molecular formula is C13H12ClFN2O3. The van der Waals surface area contributed by atoms with E-state index in [0.717, 1.165) is 6.07 Å². The molecule has 7 heteroatoms. The van der Waals surface area contributed by atoms with E-state index >= 15 is 0 Å². The topological polar surface area (TPSA) is 65.2 Å². The fourth-order valence-electron chi connectivity index (χ4n) is 1.56. The van der Waals surface area contributed by atoms with Crippen LogP contribution in [0.2, 0.25) is 5.02 Å². The third-order valence-electron chi connectivity index (χ3n) is 2.62. The normalized spacial score (nSPS) is 12.2. The molecule has 1 heterocycles. The number of ether oxygens (including phenoxy) is 1. The molecular weight excluding hydrogens is 287 g/mol. The zero-order valence-corrected chi connectivity index (χ0v) is 11.6. The number of hydrogen-bond donors (Lipinski definition) is 0. The summed E-state index contributed by atoms with van der Waals surface area (Å²) in [5.74, 6) is -1.26. The van der Waals surface area contributed by atoms with Crippen LogP contribution in [0.5, 0.6) is 0 Å². The number of carbonyl (C=O) groups is 1. The summed E-state index contributed by atoms with van der Waals surface area (Å²) >= 11 is 5.91. The van der Waals surface area contributed by atoms with Crippen molar-refractivity contribution in [3.63, 3.8) is 0 Å². The van der Waals surface area contributed by atoms with Crippen LogP contribution in [0.25, 0.3) is 11.4 Å². The number of benzene rings is 1. The largest absolute Gasteiger partial charge is 0.465 e. The van der Waals surface area contributed by atoms with Crippen molar-refractivity contribution in [2.45, 2.75) is 19.8 Å². The Kier molecular flexibility index (Phi) is 4.34. The van der Waals surface area contributed by atoms with Crippen LogP contribution in [0.3, 0.4) is 0 Å². The minimum atomic E-state index is -0.671. The predicted molar refractivity (Wildman–Crippen MR) is 69.8 cm³/mol. The summed E-state index contributed by atoms with van der Waals surface area (Å²) in [6.07, 6.45) is 0. The van der Waals surface area contributed by atoms with E-state index in [0.29, 0.717) is 5.56 Å². The molecule has 0 spiro atoms. The SMILES string of the molecule is CCOC(=O)C(C)c1nc(-c2ccc(F)cc2Cl)no1. The molecule has 0 fully saturated rings. The molecule has 0 aliphatic rings. The maximum atomic E-state index is 13.0. The van der Waals surface area contributed by atoms with Gasteiger partial charge in [0.15, 0.2) is 0 Å². The van der Waals surface area contributed by atoms with Crippen molar-refractivity contribution < 1.29 is 18.4 Å². The molecule has 0 radical (unpaired) electrons. The molecule has 2 aromatic rings. The Morgan fingerprint density at radius 2 is 2.30 bits per heavy atom. The average molecular weight is 299 g/mol.